The third-order valence-corrected chi connectivity index (χ3v) is 6.11. The molecular weight excluding hydrogens is 348 g/mol. The number of nitrogen functional groups attached to an aromatic ring is 1. The van der Waals surface area contributed by atoms with E-state index in [1.54, 1.807) is 0 Å². The van der Waals surface area contributed by atoms with Crippen molar-refractivity contribution < 1.29 is 4.79 Å². The lowest BCUT2D eigenvalue weighted by atomic mass is 10.1. The van der Waals surface area contributed by atoms with Crippen LogP contribution in [-0.2, 0) is 0 Å². The van der Waals surface area contributed by atoms with Crippen molar-refractivity contribution in [2.45, 2.75) is 31.7 Å². The summed E-state index contributed by atoms with van der Waals surface area (Å²) in [7, 11) is 0. The van der Waals surface area contributed by atoms with Gasteiger partial charge in [0, 0.05) is 20.6 Å². The third-order valence-electron chi connectivity index (χ3n) is 4.45. The lowest BCUT2D eigenvalue weighted by Gasteiger charge is -2.17. The molecule has 2 aromatic rings. The minimum atomic E-state index is 0.00798. The van der Waals surface area contributed by atoms with Gasteiger partial charge in [-0.25, -0.2) is 0 Å². The number of nitrogens with two attached hydrogens (primary N) is 1. The number of benzene rings is 1. The van der Waals surface area contributed by atoms with E-state index in [1.807, 2.05) is 18.2 Å². The van der Waals surface area contributed by atoms with Gasteiger partial charge in [-0.1, -0.05) is 22.0 Å². The first-order valence-electron chi connectivity index (χ1n) is 7.42. The Morgan fingerprint density at radius 1 is 1.29 bits per heavy atom. The van der Waals surface area contributed by atoms with E-state index in [4.69, 9.17) is 5.73 Å². The number of halogens is 1. The number of hydrogen-bond donors (Lipinski definition) is 2. The fourth-order valence-electron chi connectivity index (χ4n) is 3.01. The Balaban J connectivity index is 1.62. The molecule has 110 valence electrons. The summed E-state index contributed by atoms with van der Waals surface area (Å²) < 4.78 is 2.07. The highest BCUT2D eigenvalue weighted by atomic mass is 79.9. The van der Waals surface area contributed by atoms with E-state index in [9.17, 15) is 4.79 Å². The van der Waals surface area contributed by atoms with Crippen LogP contribution in [0, 0.1) is 11.8 Å². The molecule has 1 heterocycles. The predicted molar refractivity (Wildman–Crippen MR) is 90.6 cm³/mol. The quantitative estimate of drug-likeness (QED) is 0.855. The number of anilines is 1. The van der Waals surface area contributed by atoms with Crippen LogP contribution in [0.25, 0.3) is 10.1 Å². The van der Waals surface area contributed by atoms with Crippen molar-refractivity contribution in [3.8, 4) is 0 Å². The van der Waals surface area contributed by atoms with Gasteiger partial charge < -0.3 is 11.1 Å². The van der Waals surface area contributed by atoms with Crippen LogP contribution in [0.3, 0.4) is 0 Å². The minimum Gasteiger partial charge on any atom is -0.397 e. The summed E-state index contributed by atoms with van der Waals surface area (Å²) >= 11 is 4.95. The van der Waals surface area contributed by atoms with Gasteiger partial charge in [0.25, 0.3) is 5.91 Å². The highest BCUT2D eigenvalue weighted by Crippen LogP contribution is 2.45. The van der Waals surface area contributed by atoms with Crippen molar-refractivity contribution in [1.29, 1.82) is 0 Å². The van der Waals surface area contributed by atoms with Gasteiger partial charge in [-0.3, -0.25) is 4.79 Å². The molecule has 1 aromatic heterocycles. The SMILES string of the molecule is Nc1c(C(=O)NC(C2CC2)C2CC2)sc2cc(Br)ccc12. The molecule has 5 heteroatoms. The Hall–Kier alpha value is -1.07. The number of amides is 1. The first kappa shape index (κ1) is 13.6. The Morgan fingerprint density at radius 2 is 1.95 bits per heavy atom. The smallest absolute Gasteiger partial charge is 0.263 e. The van der Waals surface area contributed by atoms with Crippen molar-refractivity contribution >= 4 is 48.9 Å². The van der Waals surface area contributed by atoms with Gasteiger partial charge in [-0.2, -0.15) is 0 Å². The second-order valence-electron chi connectivity index (χ2n) is 6.16. The molecule has 2 fully saturated rings. The molecule has 0 bridgehead atoms. The van der Waals surface area contributed by atoms with Gasteiger partial charge in [-0.05, 0) is 49.7 Å². The van der Waals surface area contributed by atoms with Crippen LogP contribution < -0.4 is 11.1 Å². The fourth-order valence-corrected chi connectivity index (χ4v) is 4.59. The molecule has 0 unspecified atom stereocenters. The highest BCUT2D eigenvalue weighted by Gasteiger charge is 2.42. The molecular formula is C16H17BrN2OS. The largest absolute Gasteiger partial charge is 0.397 e. The van der Waals surface area contributed by atoms with E-state index >= 15 is 0 Å². The predicted octanol–water partition coefficient (Wildman–Crippen LogP) is 4.16. The van der Waals surface area contributed by atoms with Gasteiger partial charge in [0.1, 0.15) is 4.88 Å². The summed E-state index contributed by atoms with van der Waals surface area (Å²) in [5.41, 5.74) is 6.80. The first-order valence-corrected chi connectivity index (χ1v) is 9.03. The average Bonchev–Trinajstić information content (AvgIpc) is 3.35. The van der Waals surface area contributed by atoms with Crippen molar-refractivity contribution in [2.24, 2.45) is 11.8 Å². The second kappa shape index (κ2) is 4.99. The van der Waals surface area contributed by atoms with Crippen LogP contribution in [0.1, 0.15) is 35.4 Å². The van der Waals surface area contributed by atoms with Crippen LogP contribution in [-0.4, -0.2) is 11.9 Å². The summed E-state index contributed by atoms with van der Waals surface area (Å²) in [5.74, 6) is 1.41. The molecule has 21 heavy (non-hydrogen) atoms. The number of hydrogen-bond acceptors (Lipinski definition) is 3. The van der Waals surface area contributed by atoms with Gasteiger partial charge in [-0.15, -0.1) is 11.3 Å². The molecule has 2 aliphatic carbocycles. The number of carbonyl (C=O) groups excluding carboxylic acids is 1. The summed E-state index contributed by atoms with van der Waals surface area (Å²) in [6.07, 6.45) is 5.04. The number of nitrogens with one attached hydrogen (secondary N) is 1. The molecule has 0 radical (unpaired) electrons. The lowest BCUT2D eigenvalue weighted by molar-refractivity contribution is 0.0931. The molecule has 4 rings (SSSR count). The van der Waals surface area contributed by atoms with Crippen LogP contribution >= 0.6 is 27.3 Å². The maximum absolute atomic E-state index is 12.6. The zero-order valence-electron chi connectivity index (χ0n) is 11.6. The van der Waals surface area contributed by atoms with E-state index in [1.165, 1.54) is 37.0 Å². The van der Waals surface area contributed by atoms with Crippen molar-refractivity contribution in [1.82, 2.24) is 5.32 Å². The Morgan fingerprint density at radius 3 is 2.57 bits per heavy atom. The van der Waals surface area contributed by atoms with E-state index in [0.717, 1.165) is 14.6 Å². The standard InChI is InChI=1S/C16H17BrN2OS/c17-10-5-6-11-12(7-10)21-15(13(11)18)16(20)19-14(8-1-2-8)9-3-4-9/h5-9,14H,1-4,18H2,(H,19,20). The van der Waals surface area contributed by atoms with E-state index in [0.29, 0.717) is 28.4 Å². The third kappa shape index (κ3) is 2.57. The number of fused-ring (bicyclic) bond motifs is 1. The van der Waals surface area contributed by atoms with Gasteiger partial charge >= 0.3 is 0 Å². The maximum Gasteiger partial charge on any atom is 0.263 e. The second-order valence-corrected chi connectivity index (χ2v) is 8.13. The molecule has 3 N–H and O–H groups in total. The number of carbonyl (C=O) groups is 1. The normalized spacial score (nSPS) is 18.4. The summed E-state index contributed by atoms with van der Waals surface area (Å²) in [6, 6.07) is 6.33. The van der Waals surface area contributed by atoms with Crippen LogP contribution in [0.4, 0.5) is 5.69 Å². The minimum absolute atomic E-state index is 0.00798. The Kier molecular flexibility index (Phi) is 3.23. The van der Waals surface area contributed by atoms with Crippen LogP contribution in [0.15, 0.2) is 22.7 Å². The van der Waals surface area contributed by atoms with Gasteiger partial charge in [0.2, 0.25) is 0 Å². The fraction of sp³-hybridized carbons (Fsp3) is 0.438. The highest BCUT2D eigenvalue weighted by molar-refractivity contribution is 9.10. The molecule has 0 spiro atoms. The number of rotatable bonds is 4. The summed E-state index contributed by atoms with van der Waals surface area (Å²) in [4.78, 5) is 13.3. The first-order chi connectivity index (χ1) is 10.1. The maximum atomic E-state index is 12.6. The van der Waals surface area contributed by atoms with E-state index < -0.39 is 0 Å². The van der Waals surface area contributed by atoms with Crippen molar-refractivity contribution in [3.05, 3.63) is 27.5 Å². The van der Waals surface area contributed by atoms with Crippen molar-refractivity contribution in [3.63, 3.8) is 0 Å². The van der Waals surface area contributed by atoms with Crippen molar-refractivity contribution in [2.75, 3.05) is 5.73 Å². The average molecular weight is 365 g/mol. The Labute approximate surface area is 136 Å². The van der Waals surface area contributed by atoms with Gasteiger partial charge in [0.15, 0.2) is 0 Å². The molecule has 1 aromatic carbocycles. The molecule has 2 saturated carbocycles. The molecule has 0 aliphatic heterocycles. The topological polar surface area (TPSA) is 55.1 Å². The Bertz CT molecular complexity index is 706. The van der Waals surface area contributed by atoms with Crippen LogP contribution in [0.2, 0.25) is 0 Å². The van der Waals surface area contributed by atoms with E-state index in [2.05, 4.69) is 21.2 Å². The monoisotopic (exact) mass is 364 g/mol. The van der Waals surface area contributed by atoms with Crippen LogP contribution in [0.5, 0.6) is 0 Å². The molecule has 0 saturated heterocycles. The molecule has 3 nitrogen and oxygen atoms in total. The molecule has 1 amide bonds. The molecule has 2 aliphatic rings. The zero-order valence-corrected chi connectivity index (χ0v) is 14.0. The number of thiophene rings is 1. The zero-order chi connectivity index (χ0) is 14.6. The van der Waals surface area contributed by atoms with E-state index in [-0.39, 0.29) is 5.91 Å². The summed E-state index contributed by atoms with van der Waals surface area (Å²) in [5, 5.41) is 4.23. The molecule has 0 atom stereocenters. The summed E-state index contributed by atoms with van der Waals surface area (Å²) in [6.45, 7) is 0. The lowest BCUT2D eigenvalue weighted by Crippen LogP contribution is -2.37. The van der Waals surface area contributed by atoms with Gasteiger partial charge in [0.05, 0.1) is 5.69 Å².